The fourth-order valence-corrected chi connectivity index (χ4v) is 15.8. The average Bonchev–Trinajstić information content (AvgIpc) is 4.01. The molecule has 5 aliphatic rings. The van der Waals surface area contributed by atoms with Gasteiger partial charge in [0.2, 0.25) is 11.8 Å². The third-order valence-electron chi connectivity index (χ3n) is 16.2. The summed E-state index contributed by atoms with van der Waals surface area (Å²) in [6.45, 7) is 7.33. The molecule has 0 radical (unpaired) electrons. The van der Waals surface area contributed by atoms with Gasteiger partial charge >= 0.3 is 23.5 Å². The molecule has 4 aliphatic carbocycles. The number of carbonyl (C=O) groups excluding carboxylic acids is 4. The van der Waals surface area contributed by atoms with Crippen molar-refractivity contribution in [2.75, 3.05) is 37.8 Å². The number of nitrogens with zero attached hydrogens (tertiary/aromatic N) is 4. The summed E-state index contributed by atoms with van der Waals surface area (Å²) in [5, 5.41) is 37.1. The Bertz CT molecular complexity index is 2640. The molecule has 4 unspecified atom stereocenters. The molecule has 2 aromatic heterocycles. The second-order valence-electron chi connectivity index (χ2n) is 21.7. The molecule has 4 fully saturated rings. The summed E-state index contributed by atoms with van der Waals surface area (Å²) >= 11 is 1.13. The van der Waals surface area contributed by atoms with Crippen LogP contribution in [0.2, 0.25) is 0 Å². The second-order valence-corrected chi connectivity index (χ2v) is 27.0. The van der Waals surface area contributed by atoms with Crippen molar-refractivity contribution in [3.8, 4) is 0 Å². The van der Waals surface area contributed by atoms with Gasteiger partial charge in [0.1, 0.15) is 36.3 Å². The molecule has 2 aromatic rings. The van der Waals surface area contributed by atoms with Crippen LogP contribution in [0.1, 0.15) is 105 Å². The molecule has 15 atom stereocenters. The zero-order valence-corrected chi connectivity index (χ0v) is 45.8. The fraction of sp³-hybridized carbons (Fsp3) is 0.756. The van der Waals surface area contributed by atoms with E-state index >= 15 is 0 Å². The number of aromatic nitrogens is 4. The lowest BCUT2D eigenvalue weighted by Crippen LogP contribution is -2.53. The number of allylic oxidation sites excluding steroid dienone is 1. The van der Waals surface area contributed by atoms with Crippen LogP contribution < -0.4 is 16.4 Å². The van der Waals surface area contributed by atoms with E-state index in [-0.39, 0.29) is 70.2 Å². The molecule has 3 saturated carbocycles. The zero-order valence-electron chi connectivity index (χ0n) is 42.3. The van der Waals surface area contributed by atoms with Gasteiger partial charge in [0.05, 0.1) is 25.6 Å². The quantitative estimate of drug-likeness (QED) is 0.0564. The number of hydrogen-bond donors (Lipinski definition) is 10. The lowest BCUT2D eigenvalue weighted by atomic mass is 9.46. The van der Waals surface area contributed by atoms with E-state index in [9.17, 15) is 67.8 Å². The number of rotatable bonds is 23. The van der Waals surface area contributed by atoms with Crippen LogP contribution >= 0.6 is 35.2 Å². The predicted octanol–water partition coefficient (Wildman–Crippen LogP) is 3.20. The number of aliphatic hydroxyl groups is 3. The Labute approximate surface area is 437 Å². The number of amides is 2. The molecule has 1 aliphatic heterocycles. The van der Waals surface area contributed by atoms with Crippen LogP contribution in [-0.4, -0.2) is 140 Å². The van der Waals surface area contributed by atoms with Crippen molar-refractivity contribution >= 4 is 74.9 Å². The van der Waals surface area contributed by atoms with Crippen LogP contribution in [0.4, 0.5) is 5.82 Å². The Kier molecular flexibility index (Phi) is 18.5. The molecule has 0 bridgehead atoms. The SMILES string of the molecule is CC(CCC(=O)SCCNC(=O)CCNC(=O)C(O)C(C)(C)COP(=O)(O)OP(=O)(O)OC[C@H]1O[C@@H](n2cnc3c(N)ncnc32)[C@H](O)[C@@H]1OP(=O)(O)O)[C@H]1CC[C@H]2[C@@H]3C(=O)C=C4C[C@@H](O)CC[C@]4(C)[C@H]3CC[C@]12C. The number of anilines is 1. The first-order chi connectivity index (χ1) is 34.9. The van der Waals surface area contributed by atoms with E-state index in [1.165, 1.54) is 13.8 Å². The first kappa shape index (κ1) is 59.6. The topological polar surface area (TPSA) is 401 Å². The first-order valence-corrected chi connectivity index (χ1v) is 30.4. The molecule has 420 valence electrons. The maximum atomic E-state index is 13.7. The maximum absolute atomic E-state index is 13.7. The minimum absolute atomic E-state index is 0.0103. The Hall–Kier alpha value is -3.07. The standard InChI is InChI=1S/C45H70N7O19P3S/c1-24(27-7-8-28-34-29(11-14-45(27,28)5)44(4)13-10-26(53)18-25(44)19-30(34)54)6-9-33(56)75-17-16-47-32(55)12-15-48-41(59)38(58)43(2,3)21-68-74(65,66)71-73(63,64)67-20-31-37(70-72(60,61)62)36(57)42(69-31)52-23-51-35-39(46)49-22-50-40(35)52/h19,22-24,26-29,31,34,36-38,42,53,57-58H,6-18,20-21H2,1-5H3,(H,47,55)(H,48,59)(H,63,64)(H,65,66)(H2,46,49,50)(H2,60,61,62)/t24?,26-,27+,28-,29-,31+,34-,36+,37+,38?,42+,44-,45+/m0/s1. The van der Waals surface area contributed by atoms with Crippen molar-refractivity contribution < 1.29 is 90.4 Å². The fourth-order valence-electron chi connectivity index (χ4n) is 12.3. The summed E-state index contributed by atoms with van der Waals surface area (Å²) in [6, 6.07) is 0. The van der Waals surface area contributed by atoms with Crippen LogP contribution in [0.15, 0.2) is 24.3 Å². The molecule has 0 aromatic carbocycles. The minimum Gasteiger partial charge on any atom is -0.393 e. The largest absolute Gasteiger partial charge is 0.481 e. The summed E-state index contributed by atoms with van der Waals surface area (Å²) in [5.74, 6) is 0.425. The highest BCUT2D eigenvalue weighted by atomic mass is 32.2. The Morgan fingerprint density at radius 3 is 2.41 bits per heavy atom. The van der Waals surface area contributed by atoms with Gasteiger partial charge in [-0.05, 0) is 91.9 Å². The van der Waals surface area contributed by atoms with Gasteiger partial charge in [-0.25, -0.2) is 28.6 Å². The van der Waals surface area contributed by atoms with Crippen LogP contribution in [-0.2, 0) is 55.5 Å². The molecule has 26 nitrogen and oxygen atoms in total. The second kappa shape index (κ2) is 23.3. The van der Waals surface area contributed by atoms with Crippen LogP contribution in [0.25, 0.3) is 11.2 Å². The van der Waals surface area contributed by atoms with Crippen molar-refractivity contribution in [3.05, 3.63) is 24.3 Å². The number of nitrogens with one attached hydrogen (secondary N) is 2. The van der Waals surface area contributed by atoms with E-state index in [1.54, 1.807) is 0 Å². The lowest BCUT2D eigenvalue weighted by Gasteiger charge is -2.57. The molecular formula is C45H70N7O19P3S. The highest BCUT2D eigenvalue weighted by molar-refractivity contribution is 8.13. The van der Waals surface area contributed by atoms with Crippen molar-refractivity contribution in [2.45, 2.75) is 136 Å². The maximum Gasteiger partial charge on any atom is 0.481 e. The molecule has 0 spiro atoms. The van der Waals surface area contributed by atoms with Gasteiger partial charge in [0.25, 0.3) is 0 Å². The van der Waals surface area contributed by atoms with E-state index in [0.29, 0.717) is 42.3 Å². The molecule has 1 saturated heterocycles. The molecule has 7 rings (SSSR count). The molecular weight excluding hydrogens is 1070 g/mol. The zero-order chi connectivity index (χ0) is 55.1. The van der Waals surface area contributed by atoms with Gasteiger partial charge in [0, 0.05) is 43.0 Å². The normalized spacial score (nSPS) is 32.3. The summed E-state index contributed by atoms with van der Waals surface area (Å²) in [6.07, 6.45) is 1.98. The minimum atomic E-state index is -5.60. The highest BCUT2D eigenvalue weighted by Crippen LogP contribution is 2.67. The monoisotopic (exact) mass is 1140 g/mol. The van der Waals surface area contributed by atoms with E-state index < -0.39 is 84.6 Å². The van der Waals surface area contributed by atoms with Crippen molar-refractivity contribution in [1.29, 1.82) is 0 Å². The summed E-state index contributed by atoms with van der Waals surface area (Å²) in [7, 11) is -16.5. The number of imidazole rings is 1. The Balaban J connectivity index is 0.781. The van der Waals surface area contributed by atoms with Crippen LogP contribution in [0.3, 0.4) is 0 Å². The van der Waals surface area contributed by atoms with E-state index in [2.05, 4.69) is 55.2 Å². The van der Waals surface area contributed by atoms with E-state index in [4.69, 9.17) is 19.5 Å². The van der Waals surface area contributed by atoms with E-state index in [0.717, 1.165) is 79.5 Å². The predicted molar refractivity (Wildman–Crippen MR) is 267 cm³/mol. The molecule has 30 heteroatoms. The van der Waals surface area contributed by atoms with Crippen molar-refractivity contribution in [1.82, 2.24) is 30.2 Å². The van der Waals surface area contributed by atoms with Crippen molar-refractivity contribution in [3.63, 3.8) is 0 Å². The smallest absolute Gasteiger partial charge is 0.393 e. The van der Waals surface area contributed by atoms with Gasteiger partial charge in [-0.3, -0.25) is 37.3 Å². The number of carbonyl (C=O) groups is 4. The van der Waals surface area contributed by atoms with Gasteiger partial charge in [-0.1, -0.05) is 52.0 Å². The summed E-state index contributed by atoms with van der Waals surface area (Å²) in [5.41, 5.74) is 5.38. The number of ether oxygens (including phenoxy) is 1. The molecule has 2 amide bonds. The first-order valence-electron chi connectivity index (χ1n) is 24.9. The number of phosphoric acid groups is 3. The van der Waals surface area contributed by atoms with Gasteiger partial charge in [-0.15, -0.1) is 0 Å². The summed E-state index contributed by atoms with van der Waals surface area (Å²) < 4.78 is 62.7. The number of thioether (sulfide) groups is 1. The number of nitrogen functional groups attached to an aromatic ring is 1. The lowest BCUT2D eigenvalue weighted by molar-refractivity contribution is -0.137. The third-order valence-corrected chi connectivity index (χ3v) is 20.3. The van der Waals surface area contributed by atoms with Gasteiger partial charge in [-0.2, -0.15) is 4.31 Å². The number of phosphoric ester groups is 3. The third kappa shape index (κ3) is 13.7. The van der Waals surface area contributed by atoms with Gasteiger partial charge < -0.3 is 56.0 Å². The Morgan fingerprint density at radius 2 is 1.69 bits per heavy atom. The van der Waals surface area contributed by atoms with Crippen LogP contribution in [0.5, 0.6) is 0 Å². The average molecular weight is 1140 g/mol. The molecule has 3 heterocycles. The highest BCUT2D eigenvalue weighted by Gasteiger charge is 2.61. The number of hydrogen-bond acceptors (Lipinski definition) is 20. The number of ketones is 1. The summed E-state index contributed by atoms with van der Waals surface area (Å²) in [4.78, 5) is 103. The molecule has 11 N–H and O–H groups in total. The number of fused-ring (bicyclic) bond motifs is 6. The number of aliphatic hydroxyl groups excluding tert-OH is 3. The molecule has 75 heavy (non-hydrogen) atoms. The Morgan fingerprint density at radius 1 is 0.973 bits per heavy atom. The van der Waals surface area contributed by atoms with Crippen molar-refractivity contribution in [2.24, 2.45) is 45.8 Å². The van der Waals surface area contributed by atoms with Crippen LogP contribution in [0, 0.1) is 45.8 Å². The number of nitrogens with two attached hydrogens (primary N) is 1. The van der Waals surface area contributed by atoms with E-state index in [1.807, 2.05) is 6.08 Å². The van der Waals surface area contributed by atoms with Gasteiger partial charge in [0.15, 0.2) is 28.6 Å².